The van der Waals surface area contributed by atoms with Crippen molar-refractivity contribution in [3.05, 3.63) is 166 Å². The van der Waals surface area contributed by atoms with Crippen LogP contribution in [0.2, 0.25) is 0 Å². The van der Waals surface area contributed by atoms with E-state index in [-0.39, 0.29) is 47.3 Å². The van der Waals surface area contributed by atoms with Crippen LogP contribution in [0.25, 0.3) is 35.9 Å². The topological polar surface area (TPSA) is 182 Å². The molecule has 0 amide bonds. The van der Waals surface area contributed by atoms with Gasteiger partial charge in [-0.3, -0.25) is 9.13 Å². The molecule has 22 heteroatoms. The van der Waals surface area contributed by atoms with Gasteiger partial charge in [-0.2, -0.15) is 10.2 Å². The zero-order valence-corrected chi connectivity index (χ0v) is 37.8. The highest BCUT2D eigenvalue weighted by Gasteiger charge is 2.42. The number of hydrogen-bond donors (Lipinski definition) is 2. The highest BCUT2D eigenvalue weighted by atomic mass is 19.2. The van der Waals surface area contributed by atoms with Crippen molar-refractivity contribution in [1.82, 2.24) is 58.6 Å². The lowest BCUT2D eigenvalue weighted by molar-refractivity contribution is 0.0385. The first-order valence-corrected chi connectivity index (χ1v) is 21.7. The fourth-order valence-electron chi connectivity index (χ4n) is 8.30. The molecule has 0 aliphatic carbocycles. The minimum Gasteiger partial charge on any atom is -0.493 e. The van der Waals surface area contributed by atoms with E-state index in [9.17, 15) is 36.6 Å². The Morgan fingerprint density at radius 2 is 0.943 bits per heavy atom. The molecule has 8 heterocycles. The Morgan fingerprint density at radius 3 is 1.29 bits per heavy atom. The van der Waals surface area contributed by atoms with Crippen molar-refractivity contribution >= 4 is 24.3 Å². The SMILES string of the molecule is COc1cc(/C=C/c2nc3n(n2)CCC[C@@]3(O)c2cc(F)c(F)c(F)c2)cnc1-n1cnc(C)c1.COc1cc(/C=C/c2nc3n(n2)CCC[C@]3(O)c2cc(F)c(F)c(F)c2)cnc1-n1cnc(C)c1. The van der Waals surface area contributed by atoms with Crippen LogP contribution in [0.1, 0.15) is 82.6 Å². The van der Waals surface area contributed by atoms with Crippen LogP contribution in [0.3, 0.4) is 0 Å². The molecule has 8 aromatic rings. The highest BCUT2D eigenvalue weighted by molar-refractivity contribution is 5.69. The summed E-state index contributed by atoms with van der Waals surface area (Å²) in [5, 5.41) is 31.4. The number of halogens is 6. The Hall–Kier alpha value is -7.98. The van der Waals surface area contributed by atoms with Gasteiger partial charge in [0.2, 0.25) is 0 Å². The molecule has 360 valence electrons. The van der Waals surface area contributed by atoms with Crippen molar-refractivity contribution in [2.24, 2.45) is 0 Å². The van der Waals surface area contributed by atoms with Crippen LogP contribution in [-0.4, -0.2) is 83.0 Å². The molecule has 0 spiro atoms. The fourth-order valence-corrected chi connectivity index (χ4v) is 8.30. The number of imidazole rings is 2. The molecule has 0 saturated heterocycles. The third-order valence-electron chi connectivity index (χ3n) is 11.8. The van der Waals surface area contributed by atoms with E-state index in [2.05, 4.69) is 40.1 Å². The highest BCUT2D eigenvalue weighted by Crippen LogP contribution is 2.39. The molecule has 0 bridgehead atoms. The maximum atomic E-state index is 13.9. The van der Waals surface area contributed by atoms with E-state index in [4.69, 9.17) is 9.47 Å². The molecule has 0 saturated carbocycles. The van der Waals surface area contributed by atoms with Gasteiger partial charge in [-0.1, -0.05) is 0 Å². The number of aliphatic hydroxyl groups is 2. The molecule has 0 radical (unpaired) electrons. The monoisotopic (exact) mass is 964 g/mol. The smallest absolute Gasteiger partial charge is 0.194 e. The minimum atomic E-state index is -1.80. The zero-order chi connectivity index (χ0) is 49.5. The van der Waals surface area contributed by atoms with Crippen LogP contribution in [0.5, 0.6) is 11.5 Å². The summed E-state index contributed by atoms with van der Waals surface area (Å²) in [6.07, 6.45) is 18.3. The lowest BCUT2D eigenvalue weighted by atomic mass is 9.86. The number of aryl methyl sites for hydroxylation is 4. The molecule has 10 rings (SSSR count). The lowest BCUT2D eigenvalue weighted by Gasteiger charge is -2.31. The predicted molar refractivity (Wildman–Crippen MR) is 240 cm³/mol. The Labute approximate surface area is 394 Å². The average molecular weight is 965 g/mol. The van der Waals surface area contributed by atoms with Crippen LogP contribution in [0, 0.1) is 48.8 Å². The van der Waals surface area contributed by atoms with Crippen molar-refractivity contribution in [1.29, 1.82) is 0 Å². The third-order valence-corrected chi connectivity index (χ3v) is 11.8. The molecule has 0 fully saturated rings. The minimum absolute atomic E-state index is 0.114. The largest absolute Gasteiger partial charge is 0.493 e. The van der Waals surface area contributed by atoms with Gasteiger partial charge in [0.05, 0.1) is 25.6 Å². The third kappa shape index (κ3) is 9.05. The molecular weight excluding hydrogens is 923 g/mol. The van der Waals surface area contributed by atoms with Gasteiger partial charge < -0.3 is 19.7 Å². The molecule has 2 N–H and O–H groups in total. The second kappa shape index (κ2) is 18.8. The van der Waals surface area contributed by atoms with Crippen molar-refractivity contribution in [2.45, 2.75) is 63.8 Å². The van der Waals surface area contributed by atoms with Crippen molar-refractivity contribution in [2.75, 3.05) is 14.2 Å². The summed E-state index contributed by atoms with van der Waals surface area (Å²) < 4.78 is 99.8. The number of rotatable bonds is 10. The average Bonchev–Trinajstić information content (AvgIpc) is 4.18. The summed E-state index contributed by atoms with van der Waals surface area (Å²) in [4.78, 5) is 26.1. The number of hydrogen-bond acceptors (Lipinski definition) is 12. The van der Waals surface area contributed by atoms with E-state index < -0.39 is 46.1 Å². The van der Waals surface area contributed by atoms with Crippen LogP contribution < -0.4 is 9.47 Å². The van der Waals surface area contributed by atoms with Gasteiger partial charge in [0, 0.05) is 37.9 Å². The van der Waals surface area contributed by atoms with E-state index in [0.29, 0.717) is 60.2 Å². The molecule has 2 aliphatic rings. The van der Waals surface area contributed by atoms with Gasteiger partial charge in [-0.15, -0.1) is 0 Å². The lowest BCUT2D eigenvalue weighted by Crippen LogP contribution is -2.36. The summed E-state index contributed by atoms with van der Waals surface area (Å²) in [5.41, 5.74) is -0.711. The van der Waals surface area contributed by atoms with Crippen molar-refractivity contribution < 1.29 is 46.0 Å². The van der Waals surface area contributed by atoms with Crippen LogP contribution >= 0.6 is 0 Å². The summed E-state index contributed by atoms with van der Waals surface area (Å²) in [6.45, 7) is 4.70. The molecule has 16 nitrogen and oxygen atoms in total. The number of benzene rings is 2. The maximum absolute atomic E-state index is 13.9. The molecule has 0 unspecified atom stereocenters. The molecule has 70 heavy (non-hydrogen) atoms. The fraction of sp³-hybridized carbons (Fsp3) is 0.250. The number of nitrogens with zero attached hydrogens (tertiary/aromatic N) is 12. The Kier molecular flexibility index (Phi) is 12.7. The zero-order valence-electron chi connectivity index (χ0n) is 37.8. The van der Waals surface area contributed by atoms with Crippen molar-refractivity contribution in [3.63, 3.8) is 0 Å². The predicted octanol–water partition coefficient (Wildman–Crippen LogP) is 7.59. The molecule has 2 aromatic carbocycles. The number of ether oxygens (including phenoxy) is 2. The van der Waals surface area contributed by atoms with E-state index in [1.165, 1.54) is 9.36 Å². The van der Waals surface area contributed by atoms with Crippen LogP contribution in [0.4, 0.5) is 26.3 Å². The summed E-state index contributed by atoms with van der Waals surface area (Å²) in [7, 11) is 3.09. The van der Waals surface area contributed by atoms with Gasteiger partial charge in [-0.25, -0.2) is 65.6 Å². The quantitative estimate of drug-likeness (QED) is 0.101. The molecule has 2 aliphatic heterocycles. The first-order valence-electron chi connectivity index (χ1n) is 21.7. The first-order chi connectivity index (χ1) is 33.6. The van der Waals surface area contributed by atoms with E-state index in [1.54, 1.807) is 84.8 Å². The Bertz CT molecular complexity index is 3070. The second-order valence-corrected chi connectivity index (χ2v) is 16.6. The van der Waals surface area contributed by atoms with Gasteiger partial charge in [0.25, 0.3) is 0 Å². The van der Waals surface area contributed by atoms with Gasteiger partial charge >= 0.3 is 0 Å². The van der Waals surface area contributed by atoms with Crippen LogP contribution in [0.15, 0.2) is 73.8 Å². The number of methoxy groups -OCH3 is 2. The van der Waals surface area contributed by atoms with E-state index in [0.717, 1.165) is 35.7 Å². The number of fused-ring (bicyclic) bond motifs is 2. The maximum Gasteiger partial charge on any atom is 0.194 e. The number of aromatic nitrogens is 12. The van der Waals surface area contributed by atoms with Crippen LogP contribution in [-0.2, 0) is 24.3 Å². The van der Waals surface area contributed by atoms with Gasteiger partial charge in [0.1, 0.15) is 23.9 Å². The summed E-state index contributed by atoms with van der Waals surface area (Å²) in [5.74, 6) is -5.57. The van der Waals surface area contributed by atoms with E-state index >= 15 is 0 Å². The summed E-state index contributed by atoms with van der Waals surface area (Å²) in [6, 6.07) is 6.76. The Balaban J connectivity index is 0.000000174. The molecule has 6 aromatic heterocycles. The second-order valence-electron chi connectivity index (χ2n) is 16.6. The van der Waals surface area contributed by atoms with Gasteiger partial charge in [0.15, 0.2) is 81.3 Å². The normalized spacial score (nSPS) is 17.7. The van der Waals surface area contributed by atoms with Crippen molar-refractivity contribution in [3.8, 4) is 23.1 Å². The molecular formula is C48H42F6N12O4. The van der Waals surface area contributed by atoms with Gasteiger partial charge in [-0.05, 0) is 122 Å². The standard InChI is InChI=1S/2C24H21F3N6O2/c2*1-14-12-32(13-29-14)22-19(35-2)8-15(11-28-22)4-5-20-30-23-24(34,6-3-7-33(23)31-20)16-9-17(25)21(27)18(26)10-16/h2*4-5,8-13,34H,3,6-7H2,1-2H3/b2*5-4+/t2*24-/m10/s1. The molecule has 2 atom stereocenters. The summed E-state index contributed by atoms with van der Waals surface area (Å²) >= 11 is 0. The Morgan fingerprint density at radius 1 is 0.557 bits per heavy atom. The first kappa shape index (κ1) is 47.1. The number of pyridine rings is 2. The van der Waals surface area contributed by atoms with E-state index in [1.807, 2.05) is 26.2 Å².